The Morgan fingerprint density at radius 1 is 0.915 bits per heavy atom. The Morgan fingerprint density at radius 2 is 1.53 bits per heavy atom. The third-order valence-electron chi connectivity index (χ3n) is 9.51. The highest BCUT2D eigenvalue weighted by atomic mass is 16.6. The predicted octanol–water partition coefficient (Wildman–Crippen LogP) is 6.89. The number of H-pyrrole nitrogens is 2. The number of rotatable bonds is 4. The van der Waals surface area contributed by atoms with Gasteiger partial charge in [0.2, 0.25) is 5.91 Å². The van der Waals surface area contributed by atoms with Crippen molar-refractivity contribution >= 4 is 39.6 Å². The van der Waals surface area contributed by atoms with Gasteiger partial charge in [-0.1, -0.05) is 27.7 Å². The molecule has 0 aromatic carbocycles. The zero-order valence-electron chi connectivity index (χ0n) is 29.6. The Bertz CT molecular complexity index is 1780. The van der Waals surface area contributed by atoms with Crippen LogP contribution in [0.15, 0.2) is 18.2 Å². The Morgan fingerprint density at radius 3 is 2.13 bits per heavy atom. The van der Waals surface area contributed by atoms with Crippen molar-refractivity contribution in [2.45, 2.75) is 112 Å². The number of aryl methyl sites for hydroxylation is 4. The lowest BCUT2D eigenvalue weighted by Gasteiger charge is -2.28. The second kappa shape index (κ2) is 15.9. The van der Waals surface area contributed by atoms with E-state index in [0.29, 0.717) is 18.9 Å². The van der Waals surface area contributed by atoms with Crippen molar-refractivity contribution in [3.8, 4) is 0 Å². The lowest BCUT2D eigenvalue weighted by molar-refractivity contribution is -0.150. The number of ether oxygens (including phenoxy) is 1. The number of carbonyl (C=O) groups is 1. The highest BCUT2D eigenvalue weighted by molar-refractivity contribution is 5.85. The molecule has 1 amide bonds. The third kappa shape index (κ3) is 7.86. The minimum atomic E-state index is -0.825. The topological polar surface area (TPSA) is 136 Å². The molecule has 8 bridgehead atoms. The molecule has 0 radical (unpaired) electrons. The molecule has 3 aromatic heterocycles. The monoisotopic (exact) mass is 643 g/mol. The average molecular weight is 644 g/mol. The summed E-state index contributed by atoms with van der Waals surface area (Å²) >= 11 is 0. The first kappa shape index (κ1) is 36.1. The first-order valence-electron chi connectivity index (χ1n) is 17.0. The van der Waals surface area contributed by atoms with Gasteiger partial charge in [0.15, 0.2) is 6.29 Å². The minimum absolute atomic E-state index is 0.0375. The van der Waals surface area contributed by atoms with Gasteiger partial charge in [0.05, 0.1) is 17.4 Å². The highest BCUT2D eigenvalue weighted by Crippen LogP contribution is 2.32. The molecule has 3 aliphatic heterocycles. The first-order valence-corrected chi connectivity index (χ1v) is 17.0. The Kier molecular flexibility index (Phi) is 12.2. The summed E-state index contributed by atoms with van der Waals surface area (Å²) in [6.45, 7) is 17.9. The molecule has 0 spiro atoms. The third-order valence-corrected chi connectivity index (χ3v) is 9.51. The van der Waals surface area contributed by atoms with Crippen molar-refractivity contribution in [3.05, 3.63) is 68.8 Å². The molecule has 0 aliphatic carbocycles. The molecule has 254 valence electrons. The van der Waals surface area contributed by atoms with E-state index in [1.165, 1.54) is 49.9 Å². The zero-order chi connectivity index (χ0) is 34.4. The summed E-state index contributed by atoms with van der Waals surface area (Å²) in [5.74, 6) is 0.359. The Labute approximate surface area is 278 Å². The summed E-state index contributed by atoms with van der Waals surface area (Å²) in [5.41, 5.74) is 16.8. The number of aliphatic hydroxyl groups excluding tert-OH is 2. The van der Waals surface area contributed by atoms with Crippen LogP contribution in [0.25, 0.3) is 33.7 Å². The lowest BCUT2D eigenvalue weighted by atomic mass is 10.0. The van der Waals surface area contributed by atoms with Gasteiger partial charge in [0, 0.05) is 59.5 Å². The largest absolute Gasteiger partial charge is 0.400 e. The van der Waals surface area contributed by atoms with Crippen LogP contribution in [-0.4, -0.2) is 62.1 Å². The van der Waals surface area contributed by atoms with Crippen LogP contribution in [0.2, 0.25) is 0 Å². The minimum Gasteiger partial charge on any atom is -0.400 e. The van der Waals surface area contributed by atoms with E-state index in [1.807, 2.05) is 0 Å². The molecule has 0 saturated carbocycles. The average Bonchev–Trinajstić information content (AvgIpc) is 3.79. The second-order valence-corrected chi connectivity index (χ2v) is 12.6. The van der Waals surface area contributed by atoms with Crippen LogP contribution in [-0.2, 0) is 28.8 Å². The van der Waals surface area contributed by atoms with Crippen molar-refractivity contribution < 1.29 is 19.7 Å². The number of nitrogens with zero attached hydrogens (tertiary/aromatic N) is 2. The van der Waals surface area contributed by atoms with Crippen LogP contribution in [0.1, 0.15) is 110 Å². The number of aromatic amines is 2. The fourth-order valence-electron chi connectivity index (χ4n) is 6.58. The maximum absolute atomic E-state index is 10.9. The quantitative estimate of drug-likeness (QED) is 0.210. The number of aromatic nitrogens is 4. The summed E-state index contributed by atoms with van der Waals surface area (Å²) in [6.07, 6.45) is 6.46. The van der Waals surface area contributed by atoms with Crippen LogP contribution >= 0.6 is 0 Å². The number of nitrogens with one attached hydrogen (secondary N) is 3. The summed E-state index contributed by atoms with van der Waals surface area (Å²) < 4.78 is 4.98. The number of carbonyl (C=O) groups excluding carboxylic acids is 1. The van der Waals surface area contributed by atoms with E-state index in [1.54, 1.807) is 6.92 Å². The summed E-state index contributed by atoms with van der Waals surface area (Å²) in [4.78, 5) is 28.5. The molecular weight excluding hydrogens is 590 g/mol. The van der Waals surface area contributed by atoms with Gasteiger partial charge >= 0.3 is 0 Å². The number of fused-ring (bicyclic) bond motifs is 8. The number of aliphatic hydroxyl groups is 2. The number of allylic oxidation sites excluding steroid dienone is 1. The maximum Gasteiger partial charge on any atom is 0.220 e. The fourth-order valence-corrected chi connectivity index (χ4v) is 6.58. The van der Waals surface area contributed by atoms with E-state index in [2.05, 4.69) is 88.0 Å². The first-order chi connectivity index (χ1) is 22.5. The van der Waals surface area contributed by atoms with E-state index in [4.69, 9.17) is 19.8 Å². The number of amides is 1. The fraction of sp³-hybridized carbons (Fsp3) is 0.500. The standard InChI is InChI=1S/C29H34N4.C8H15NO3.CH4O/c1-8-20-18(6)27-14-29-21(9-2)17(5)26(32-29)12-22-15(3)10-24(30-22)19(7)25-11-16(4)23(31-25)13-28(20)33-27;1-2-7(10)9-6-4-3-5-12-8(6)11;1-2/h11-15,32-33H,8-10H2,1-7H3;6,8,11H,2-5H2,1H3,(H,9,10);2H,1H3. The highest BCUT2D eigenvalue weighted by Gasteiger charge is 2.24. The maximum atomic E-state index is 10.9. The number of hydrogen-bond acceptors (Lipinski definition) is 6. The van der Waals surface area contributed by atoms with Gasteiger partial charge in [-0.3, -0.25) is 9.78 Å². The van der Waals surface area contributed by atoms with E-state index >= 15 is 0 Å². The summed E-state index contributed by atoms with van der Waals surface area (Å²) in [7, 11) is 1.00. The molecular formula is C38H53N5O4. The zero-order valence-corrected chi connectivity index (χ0v) is 29.6. The summed E-state index contributed by atoms with van der Waals surface area (Å²) in [5, 5.41) is 19.0. The SMILES string of the molecule is CCC(=O)NC1CCCOC1O.CCc1c(C)c2cc3[nH]c(cc4nc(c(C)c5nc(cc1[nH]2)C(C)=C5)CC4C)c(C)c3CC.CO. The lowest BCUT2D eigenvalue weighted by Crippen LogP contribution is -2.46. The van der Waals surface area contributed by atoms with Crippen LogP contribution in [0.3, 0.4) is 0 Å². The normalized spacial score (nSPS) is 18.8. The van der Waals surface area contributed by atoms with E-state index < -0.39 is 6.29 Å². The van der Waals surface area contributed by atoms with Crippen molar-refractivity contribution in [2.75, 3.05) is 13.7 Å². The van der Waals surface area contributed by atoms with Gasteiger partial charge in [0.1, 0.15) is 0 Å². The smallest absolute Gasteiger partial charge is 0.220 e. The van der Waals surface area contributed by atoms with Crippen LogP contribution in [0.4, 0.5) is 0 Å². The molecule has 3 unspecified atom stereocenters. The molecule has 6 heterocycles. The Balaban J connectivity index is 0.000000301. The van der Waals surface area contributed by atoms with Gasteiger partial charge in [-0.2, -0.15) is 0 Å². The molecule has 3 atom stereocenters. The van der Waals surface area contributed by atoms with Crippen LogP contribution in [0.5, 0.6) is 0 Å². The molecule has 5 N–H and O–H groups in total. The van der Waals surface area contributed by atoms with Gasteiger partial charge in [-0.05, 0) is 117 Å². The molecule has 3 aliphatic rings. The number of hydrogen-bond donors (Lipinski definition) is 5. The summed E-state index contributed by atoms with van der Waals surface area (Å²) in [6, 6.07) is 6.55. The second-order valence-electron chi connectivity index (χ2n) is 12.6. The Hall–Kier alpha value is -3.79. The molecule has 1 saturated heterocycles. The predicted molar refractivity (Wildman–Crippen MR) is 191 cm³/mol. The van der Waals surface area contributed by atoms with E-state index in [-0.39, 0.29) is 11.9 Å². The van der Waals surface area contributed by atoms with Gasteiger partial charge < -0.3 is 30.2 Å². The molecule has 9 heteroatoms. The molecule has 9 nitrogen and oxygen atoms in total. The molecule has 1 fully saturated rings. The van der Waals surface area contributed by atoms with Gasteiger partial charge in [-0.15, -0.1) is 0 Å². The van der Waals surface area contributed by atoms with E-state index in [9.17, 15) is 9.90 Å². The van der Waals surface area contributed by atoms with Crippen molar-refractivity contribution in [2.24, 2.45) is 0 Å². The van der Waals surface area contributed by atoms with Crippen molar-refractivity contribution in [1.29, 1.82) is 0 Å². The van der Waals surface area contributed by atoms with E-state index in [0.717, 1.165) is 67.5 Å². The van der Waals surface area contributed by atoms with Gasteiger partial charge in [0.25, 0.3) is 0 Å². The van der Waals surface area contributed by atoms with Crippen LogP contribution < -0.4 is 5.32 Å². The van der Waals surface area contributed by atoms with Crippen molar-refractivity contribution in [3.63, 3.8) is 0 Å². The van der Waals surface area contributed by atoms with Crippen molar-refractivity contribution in [1.82, 2.24) is 25.3 Å². The molecule has 6 rings (SSSR count). The van der Waals surface area contributed by atoms with Gasteiger partial charge in [-0.25, -0.2) is 4.98 Å². The van der Waals surface area contributed by atoms with Crippen LogP contribution in [0, 0.1) is 20.8 Å². The molecule has 47 heavy (non-hydrogen) atoms. The molecule has 3 aromatic rings.